The Morgan fingerprint density at radius 1 is 1.08 bits per heavy atom. The fourth-order valence-corrected chi connectivity index (χ4v) is 2.83. The van der Waals surface area contributed by atoms with E-state index in [0.29, 0.717) is 12.3 Å². The molecule has 0 amide bonds. The number of benzene rings is 1. The molecule has 0 atom stereocenters. The van der Waals surface area contributed by atoms with E-state index in [9.17, 15) is 0 Å². The van der Waals surface area contributed by atoms with E-state index in [-0.39, 0.29) is 0 Å². The highest BCUT2D eigenvalue weighted by Gasteiger charge is 2.09. The van der Waals surface area contributed by atoms with Crippen molar-refractivity contribution >= 4 is 27.5 Å². The summed E-state index contributed by atoms with van der Waals surface area (Å²) in [6, 6.07) is 13.9. The summed E-state index contributed by atoms with van der Waals surface area (Å²) in [5.41, 5.74) is 3.00. The van der Waals surface area contributed by atoms with Crippen LogP contribution < -0.4 is 5.32 Å². The van der Waals surface area contributed by atoms with Crippen molar-refractivity contribution in [1.29, 1.82) is 0 Å². The fourth-order valence-electron chi connectivity index (χ4n) is 2.43. The second kappa shape index (κ2) is 6.37. The predicted octanol–water partition coefficient (Wildman–Crippen LogP) is 3.56. The highest BCUT2D eigenvalue weighted by atomic mass is 79.9. The van der Waals surface area contributed by atoms with Crippen molar-refractivity contribution < 1.29 is 0 Å². The zero-order valence-electron chi connectivity index (χ0n) is 12.6. The van der Waals surface area contributed by atoms with Gasteiger partial charge in [0.05, 0.1) is 5.69 Å². The summed E-state index contributed by atoms with van der Waals surface area (Å²) in [6.45, 7) is 0.666. The molecule has 0 spiro atoms. The minimum absolute atomic E-state index is 0.560. The first kappa shape index (κ1) is 14.8. The van der Waals surface area contributed by atoms with Gasteiger partial charge in [-0.25, -0.2) is 4.98 Å². The molecule has 0 saturated heterocycles. The van der Waals surface area contributed by atoms with Crippen molar-refractivity contribution in [3.8, 4) is 11.3 Å². The molecular weight excluding hydrogens is 368 g/mol. The number of aromatic nitrogens is 5. The van der Waals surface area contributed by atoms with Crippen LogP contribution in [0.15, 0.2) is 65.7 Å². The van der Waals surface area contributed by atoms with E-state index in [0.717, 1.165) is 27.1 Å². The Morgan fingerprint density at radius 3 is 2.79 bits per heavy atom. The predicted molar refractivity (Wildman–Crippen MR) is 95.5 cm³/mol. The Bertz CT molecular complexity index is 983. The number of rotatable bonds is 4. The number of nitrogens with zero attached hydrogens (tertiary/aromatic N) is 5. The van der Waals surface area contributed by atoms with Gasteiger partial charge in [-0.15, -0.1) is 0 Å². The summed E-state index contributed by atoms with van der Waals surface area (Å²) in [5.74, 6) is 1.40. The quantitative estimate of drug-likeness (QED) is 0.586. The number of hydrogen-bond acceptors (Lipinski definition) is 5. The van der Waals surface area contributed by atoms with Gasteiger partial charge in [0.25, 0.3) is 5.78 Å². The van der Waals surface area contributed by atoms with Gasteiger partial charge in [-0.2, -0.15) is 14.6 Å². The first-order valence-corrected chi connectivity index (χ1v) is 8.18. The van der Waals surface area contributed by atoms with E-state index in [2.05, 4.69) is 41.3 Å². The lowest BCUT2D eigenvalue weighted by molar-refractivity contribution is 0.926. The van der Waals surface area contributed by atoms with E-state index in [4.69, 9.17) is 0 Å². The van der Waals surface area contributed by atoms with Gasteiger partial charge >= 0.3 is 0 Å². The lowest BCUT2D eigenvalue weighted by atomic mass is 10.1. The van der Waals surface area contributed by atoms with Crippen molar-refractivity contribution in [3.63, 3.8) is 0 Å². The van der Waals surface area contributed by atoms with Gasteiger partial charge in [0.2, 0.25) is 0 Å². The van der Waals surface area contributed by atoms with Crippen LogP contribution in [-0.4, -0.2) is 24.6 Å². The summed E-state index contributed by atoms with van der Waals surface area (Å²) in [7, 11) is 0. The zero-order chi connectivity index (χ0) is 16.4. The molecule has 7 heteroatoms. The topological polar surface area (TPSA) is 68.0 Å². The molecule has 0 bridgehead atoms. The summed E-state index contributed by atoms with van der Waals surface area (Å²) < 4.78 is 2.71. The van der Waals surface area contributed by atoms with Crippen LogP contribution in [0.5, 0.6) is 0 Å². The number of hydrogen-bond donors (Lipinski definition) is 1. The van der Waals surface area contributed by atoms with Crippen molar-refractivity contribution in [1.82, 2.24) is 24.6 Å². The Labute approximate surface area is 146 Å². The normalized spacial score (nSPS) is 10.9. The molecule has 0 aliphatic rings. The molecule has 1 N–H and O–H groups in total. The lowest BCUT2D eigenvalue weighted by Gasteiger charge is -2.10. The second-order valence-corrected chi connectivity index (χ2v) is 6.13. The first-order valence-electron chi connectivity index (χ1n) is 7.39. The first-order chi connectivity index (χ1) is 11.8. The van der Waals surface area contributed by atoms with Gasteiger partial charge in [-0.05, 0) is 29.8 Å². The summed E-state index contributed by atoms with van der Waals surface area (Å²) >= 11 is 3.50. The molecule has 3 aromatic heterocycles. The SMILES string of the molecule is Brc1cccc(-c2cc(NCc3ccncc3)n3ncnc3n2)c1. The van der Waals surface area contributed by atoms with Crippen LogP contribution in [-0.2, 0) is 6.54 Å². The van der Waals surface area contributed by atoms with Gasteiger partial charge in [-0.3, -0.25) is 4.98 Å². The maximum absolute atomic E-state index is 4.58. The van der Waals surface area contributed by atoms with Crippen molar-refractivity contribution in [3.05, 3.63) is 71.2 Å². The molecule has 0 fully saturated rings. The van der Waals surface area contributed by atoms with Crippen molar-refractivity contribution in [2.45, 2.75) is 6.54 Å². The molecule has 4 aromatic rings. The van der Waals surface area contributed by atoms with Gasteiger partial charge in [-0.1, -0.05) is 28.1 Å². The minimum Gasteiger partial charge on any atom is -0.366 e. The number of nitrogens with one attached hydrogen (secondary N) is 1. The van der Waals surface area contributed by atoms with Crippen LogP contribution in [0, 0.1) is 0 Å². The number of halogens is 1. The monoisotopic (exact) mass is 380 g/mol. The van der Waals surface area contributed by atoms with Crippen LogP contribution in [0.3, 0.4) is 0 Å². The van der Waals surface area contributed by atoms with Gasteiger partial charge < -0.3 is 5.32 Å². The largest absolute Gasteiger partial charge is 0.366 e. The molecule has 24 heavy (non-hydrogen) atoms. The Balaban J connectivity index is 1.72. The van der Waals surface area contributed by atoms with Gasteiger partial charge in [0.15, 0.2) is 0 Å². The third kappa shape index (κ3) is 2.98. The molecule has 118 valence electrons. The Hall–Kier alpha value is -2.80. The Morgan fingerprint density at radius 2 is 1.96 bits per heavy atom. The van der Waals surface area contributed by atoms with E-state index in [1.807, 2.05) is 42.5 Å². The zero-order valence-corrected chi connectivity index (χ0v) is 14.2. The van der Waals surface area contributed by atoms with Gasteiger partial charge in [0.1, 0.15) is 12.1 Å². The molecule has 4 rings (SSSR count). The second-order valence-electron chi connectivity index (χ2n) is 5.22. The molecule has 3 heterocycles. The summed E-state index contributed by atoms with van der Waals surface area (Å²) in [4.78, 5) is 12.8. The maximum Gasteiger partial charge on any atom is 0.254 e. The third-order valence-electron chi connectivity index (χ3n) is 3.60. The van der Waals surface area contributed by atoms with Crippen LogP contribution in [0.4, 0.5) is 5.82 Å². The summed E-state index contributed by atoms with van der Waals surface area (Å²) in [5, 5.41) is 7.64. The molecule has 1 aromatic carbocycles. The van der Waals surface area contributed by atoms with Crippen LogP contribution in [0.2, 0.25) is 0 Å². The molecule has 0 radical (unpaired) electrons. The highest BCUT2D eigenvalue weighted by Crippen LogP contribution is 2.24. The number of anilines is 1. The number of fused-ring (bicyclic) bond motifs is 1. The van der Waals surface area contributed by atoms with E-state index >= 15 is 0 Å². The smallest absolute Gasteiger partial charge is 0.254 e. The van der Waals surface area contributed by atoms with Crippen molar-refractivity contribution in [2.75, 3.05) is 5.32 Å². The fraction of sp³-hybridized carbons (Fsp3) is 0.0588. The lowest BCUT2D eigenvalue weighted by Crippen LogP contribution is -2.07. The van der Waals surface area contributed by atoms with Crippen LogP contribution in [0.25, 0.3) is 17.0 Å². The van der Waals surface area contributed by atoms with Crippen LogP contribution in [0.1, 0.15) is 5.56 Å². The van der Waals surface area contributed by atoms with E-state index in [1.54, 1.807) is 16.9 Å². The van der Waals surface area contributed by atoms with E-state index < -0.39 is 0 Å². The average molecular weight is 381 g/mol. The van der Waals surface area contributed by atoms with E-state index in [1.165, 1.54) is 6.33 Å². The summed E-state index contributed by atoms with van der Waals surface area (Å²) in [6.07, 6.45) is 5.06. The highest BCUT2D eigenvalue weighted by molar-refractivity contribution is 9.10. The minimum atomic E-state index is 0.560. The van der Waals surface area contributed by atoms with Gasteiger partial charge in [0, 0.05) is 35.0 Å². The standard InChI is InChI=1S/C17H13BrN6/c18-14-3-1-2-13(8-14)15-9-16(24-17(23-15)21-11-22-24)20-10-12-4-6-19-7-5-12/h1-9,11,20H,10H2. The Kier molecular flexibility index (Phi) is 3.92. The molecule has 0 aliphatic heterocycles. The number of pyridine rings is 1. The molecule has 0 saturated carbocycles. The van der Waals surface area contributed by atoms with Crippen molar-refractivity contribution in [2.24, 2.45) is 0 Å². The average Bonchev–Trinajstić information content (AvgIpc) is 3.09. The molecule has 6 nitrogen and oxygen atoms in total. The molecular formula is C17H13BrN6. The molecule has 0 unspecified atom stereocenters. The third-order valence-corrected chi connectivity index (χ3v) is 4.09. The maximum atomic E-state index is 4.58. The van der Waals surface area contributed by atoms with Crippen LogP contribution >= 0.6 is 15.9 Å². The molecule has 0 aliphatic carbocycles.